The van der Waals surface area contributed by atoms with Crippen LogP contribution >= 0.6 is 38.9 Å². The van der Waals surface area contributed by atoms with E-state index in [4.69, 9.17) is 11.6 Å². The molecule has 0 amide bonds. The van der Waals surface area contributed by atoms with Crippen molar-refractivity contribution in [2.24, 2.45) is 7.05 Å². The summed E-state index contributed by atoms with van der Waals surface area (Å²) in [6, 6.07) is 1.90. The smallest absolute Gasteiger partial charge is 0.177 e. The second-order valence-electron chi connectivity index (χ2n) is 4.15. The van der Waals surface area contributed by atoms with Gasteiger partial charge in [0.1, 0.15) is 5.15 Å². The van der Waals surface area contributed by atoms with Gasteiger partial charge in [-0.2, -0.15) is 5.10 Å². The molecule has 0 aliphatic carbocycles. The van der Waals surface area contributed by atoms with Gasteiger partial charge in [-0.25, -0.2) is 0 Å². The van der Waals surface area contributed by atoms with E-state index in [0.717, 1.165) is 25.5 Å². The highest BCUT2D eigenvalue weighted by Gasteiger charge is 2.18. The highest BCUT2D eigenvalue weighted by molar-refractivity contribution is 9.11. The monoisotopic (exact) mass is 346 g/mol. The SMILES string of the molecule is Cc1cc(C(=O)Cc2c(C)nn(C)c2Cl)sc1Br. The number of aryl methyl sites for hydroxylation is 3. The van der Waals surface area contributed by atoms with Crippen LogP contribution in [0.25, 0.3) is 0 Å². The number of rotatable bonds is 3. The summed E-state index contributed by atoms with van der Waals surface area (Å²) in [6.07, 6.45) is 0.297. The Bertz CT molecular complexity index is 598. The minimum absolute atomic E-state index is 0.0757. The van der Waals surface area contributed by atoms with Crippen LogP contribution in [-0.2, 0) is 13.5 Å². The molecule has 0 aliphatic heterocycles. The molecule has 2 rings (SSSR count). The number of Topliss-reactive ketones (excluding diaryl/α,β-unsaturated/α-hetero) is 1. The molecule has 0 radical (unpaired) electrons. The second kappa shape index (κ2) is 5.15. The van der Waals surface area contributed by atoms with Gasteiger partial charge in [-0.3, -0.25) is 9.48 Å². The average molecular weight is 348 g/mol. The van der Waals surface area contributed by atoms with E-state index in [2.05, 4.69) is 21.0 Å². The Morgan fingerprint density at radius 1 is 1.56 bits per heavy atom. The maximum absolute atomic E-state index is 12.2. The number of nitrogens with zero attached hydrogens (tertiary/aromatic N) is 2. The summed E-state index contributed by atoms with van der Waals surface area (Å²) in [5.74, 6) is 0.0757. The predicted octanol–water partition coefficient (Wildman–Crippen LogP) is 3.94. The zero-order valence-electron chi connectivity index (χ0n) is 10.3. The lowest BCUT2D eigenvalue weighted by molar-refractivity contribution is 0.0996. The molecule has 2 aromatic heterocycles. The maximum Gasteiger partial charge on any atom is 0.177 e. The van der Waals surface area contributed by atoms with E-state index in [1.807, 2.05) is 19.9 Å². The van der Waals surface area contributed by atoms with Crippen LogP contribution in [0.3, 0.4) is 0 Å². The number of ketones is 1. The fourth-order valence-corrected chi connectivity index (χ4v) is 3.43. The first-order chi connectivity index (χ1) is 8.40. The number of carbonyl (C=O) groups is 1. The molecule has 18 heavy (non-hydrogen) atoms. The molecule has 0 saturated carbocycles. The van der Waals surface area contributed by atoms with Crippen LogP contribution in [0, 0.1) is 13.8 Å². The summed E-state index contributed by atoms with van der Waals surface area (Å²) in [4.78, 5) is 12.9. The van der Waals surface area contributed by atoms with E-state index < -0.39 is 0 Å². The molecule has 96 valence electrons. The lowest BCUT2D eigenvalue weighted by Gasteiger charge is -1.98. The van der Waals surface area contributed by atoms with Crippen molar-refractivity contribution in [2.75, 3.05) is 0 Å². The van der Waals surface area contributed by atoms with E-state index in [1.165, 1.54) is 11.3 Å². The van der Waals surface area contributed by atoms with Crippen LogP contribution < -0.4 is 0 Å². The standard InChI is InChI=1S/C12H12BrClN2OS/c1-6-4-10(18-11(6)13)9(17)5-8-7(2)15-16(3)12(8)14/h4H,5H2,1-3H3. The van der Waals surface area contributed by atoms with Gasteiger partial charge in [0.15, 0.2) is 5.78 Å². The fraction of sp³-hybridized carbons (Fsp3) is 0.333. The Morgan fingerprint density at radius 3 is 2.67 bits per heavy atom. The first-order valence-corrected chi connectivity index (χ1v) is 7.36. The predicted molar refractivity (Wildman–Crippen MR) is 77.7 cm³/mol. The molecule has 0 aliphatic rings. The topological polar surface area (TPSA) is 34.9 Å². The van der Waals surface area contributed by atoms with Crippen LogP contribution in [0.4, 0.5) is 0 Å². The molecule has 0 aromatic carbocycles. The summed E-state index contributed by atoms with van der Waals surface area (Å²) < 4.78 is 2.59. The first-order valence-electron chi connectivity index (χ1n) is 5.37. The molecule has 6 heteroatoms. The molecule has 0 unspecified atom stereocenters. The van der Waals surface area contributed by atoms with Gasteiger partial charge in [0.05, 0.1) is 14.4 Å². The number of hydrogen-bond acceptors (Lipinski definition) is 3. The van der Waals surface area contributed by atoms with Gasteiger partial charge in [0, 0.05) is 19.0 Å². The van der Waals surface area contributed by atoms with Crippen molar-refractivity contribution in [1.29, 1.82) is 0 Å². The van der Waals surface area contributed by atoms with E-state index >= 15 is 0 Å². The fourth-order valence-electron chi connectivity index (χ4n) is 1.72. The number of thiophene rings is 1. The number of halogens is 2. The Hall–Kier alpha value is -0.650. The third kappa shape index (κ3) is 2.53. The van der Waals surface area contributed by atoms with E-state index in [1.54, 1.807) is 11.7 Å². The van der Waals surface area contributed by atoms with Crippen molar-refractivity contribution in [3.05, 3.63) is 36.7 Å². The highest BCUT2D eigenvalue weighted by atomic mass is 79.9. The largest absolute Gasteiger partial charge is 0.293 e. The van der Waals surface area contributed by atoms with E-state index in [0.29, 0.717) is 11.6 Å². The number of hydrogen-bond donors (Lipinski definition) is 0. The molecule has 0 bridgehead atoms. The van der Waals surface area contributed by atoms with Crippen molar-refractivity contribution >= 4 is 44.7 Å². The molecule has 0 spiro atoms. The third-order valence-electron chi connectivity index (χ3n) is 2.74. The Balaban J connectivity index is 2.26. The van der Waals surface area contributed by atoms with Crippen LogP contribution in [0.15, 0.2) is 9.85 Å². The first kappa shape index (κ1) is 13.8. The molecule has 3 nitrogen and oxygen atoms in total. The summed E-state index contributed by atoms with van der Waals surface area (Å²) in [7, 11) is 1.77. The van der Waals surface area contributed by atoms with Gasteiger partial charge in [0.25, 0.3) is 0 Å². The van der Waals surface area contributed by atoms with Crippen LogP contribution in [0.2, 0.25) is 5.15 Å². The Labute approximate surface area is 123 Å². The zero-order chi connectivity index (χ0) is 13.4. The van der Waals surface area contributed by atoms with Crippen molar-refractivity contribution in [1.82, 2.24) is 9.78 Å². The van der Waals surface area contributed by atoms with Crippen LogP contribution in [0.5, 0.6) is 0 Å². The summed E-state index contributed by atoms with van der Waals surface area (Å²) in [6.45, 7) is 3.84. The minimum Gasteiger partial charge on any atom is -0.293 e. The molecular weight excluding hydrogens is 336 g/mol. The highest BCUT2D eigenvalue weighted by Crippen LogP contribution is 2.29. The van der Waals surface area contributed by atoms with Crippen LogP contribution in [-0.4, -0.2) is 15.6 Å². The summed E-state index contributed by atoms with van der Waals surface area (Å²) in [5.41, 5.74) is 2.70. The van der Waals surface area contributed by atoms with Gasteiger partial charge in [-0.15, -0.1) is 11.3 Å². The normalized spacial score (nSPS) is 10.9. The van der Waals surface area contributed by atoms with Crippen molar-refractivity contribution < 1.29 is 4.79 Å². The average Bonchev–Trinajstić information content (AvgIpc) is 2.75. The van der Waals surface area contributed by atoms with Gasteiger partial charge < -0.3 is 0 Å². The summed E-state index contributed by atoms with van der Waals surface area (Å²) in [5, 5.41) is 4.74. The molecule has 2 aromatic rings. The molecule has 2 heterocycles. The lowest BCUT2D eigenvalue weighted by Crippen LogP contribution is -2.02. The number of carbonyl (C=O) groups excluding carboxylic acids is 1. The molecule has 0 saturated heterocycles. The van der Waals surface area contributed by atoms with Gasteiger partial charge in [-0.1, -0.05) is 11.6 Å². The van der Waals surface area contributed by atoms with Crippen LogP contribution in [0.1, 0.15) is 26.5 Å². The Morgan fingerprint density at radius 2 is 2.22 bits per heavy atom. The zero-order valence-corrected chi connectivity index (χ0v) is 13.4. The van der Waals surface area contributed by atoms with Crippen molar-refractivity contribution in [3.63, 3.8) is 0 Å². The quantitative estimate of drug-likeness (QED) is 0.788. The molecule has 0 atom stereocenters. The van der Waals surface area contributed by atoms with E-state index in [9.17, 15) is 4.79 Å². The summed E-state index contributed by atoms with van der Waals surface area (Å²) >= 11 is 11.0. The van der Waals surface area contributed by atoms with Gasteiger partial charge >= 0.3 is 0 Å². The van der Waals surface area contributed by atoms with Crippen molar-refractivity contribution in [3.8, 4) is 0 Å². The van der Waals surface area contributed by atoms with E-state index in [-0.39, 0.29) is 5.78 Å². The molecule has 0 N–H and O–H groups in total. The maximum atomic E-state index is 12.2. The van der Waals surface area contributed by atoms with Crippen molar-refractivity contribution in [2.45, 2.75) is 20.3 Å². The van der Waals surface area contributed by atoms with Gasteiger partial charge in [0.2, 0.25) is 0 Å². The second-order valence-corrected chi connectivity index (χ2v) is 6.87. The lowest BCUT2D eigenvalue weighted by atomic mass is 10.1. The number of aromatic nitrogens is 2. The minimum atomic E-state index is 0.0757. The van der Waals surface area contributed by atoms with Gasteiger partial charge in [-0.05, 0) is 41.4 Å². The molecular formula is C12H12BrClN2OS. The Kier molecular flexibility index (Phi) is 3.94. The molecule has 0 fully saturated rings. The third-order valence-corrected chi connectivity index (χ3v) is 5.39.